The lowest BCUT2D eigenvalue weighted by Gasteiger charge is -2.21. The third kappa shape index (κ3) is 4.15. The van der Waals surface area contributed by atoms with E-state index in [1.165, 1.54) is 12.5 Å². The van der Waals surface area contributed by atoms with E-state index in [-0.39, 0.29) is 17.4 Å². The maximum absolute atomic E-state index is 11.2. The van der Waals surface area contributed by atoms with Crippen molar-refractivity contribution in [1.82, 2.24) is 5.32 Å². The predicted octanol–water partition coefficient (Wildman–Crippen LogP) is 2.81. The summed E-state index contributed by atoms with van der Waals surface area (Å²) in [6, 6.07) is 8.25. The molecular formula is C15H23NO2. The number of methoxy groups -OCH3 is 1. The molecule has 0 saturated heterocycles. The van der Waals surface area contributed by atoms with E-state index in [0.29, 0.717) is 6.61 Å². The molecule has 0 radical (unpaired) electrons. The quantitative estimate of drug-likeness (QED) is 0.891. The number of ether oxygens (including phenoxy) is 1. The number of hydrogen-bond acceptors (Lipinski definition) is 2. The fraction of sp³-hybridized carbons (Fsp3) is 0.533. The Labute approximate surface area is 110 Å². The molecule has 0 aliphatic carbocycles. The molecule has 0 spiro atoms. The minimum Gasteiger partial charge on any atom is -0.382 e. The summed E-state index contributed by atoms with van der Waals surface area (Å²) in [6.07, 6.45) is 0. The standard InChI is InChI=1S/C15H23NO2/c1-11(17)16-14(10-18-5)12-6-8-13(9-7-12)15(2,3)4/h6-9,14H,10H2,1-5H3,(H,16,17). The van der Waals surface area contributed by atoms with Gasteiger partial charge >= 0.3 is 0 Å². The second-order valence-electron chi connectivity index (χ2n) is 5.58. The van der Waals surface area contributed by atoms with Crippen LogP contribution in [0.15, 0.2) is 24.3 Å². The summed E-state index contributed by atoms with van der Waals surface area (Å²) in [6.45, 7) is 8.55. The normalized spacial score (nSPS) is 13.2. The van der Waals surface area contributed by atoms with E-state index < -0.39 is 0 Å². The molecule has 0 aliphatic rings. The van der Waals surface area contributed by atoms with Crippen LogP contribution in [0.2, 0.25) is 0 Å². The van der Waals surface area contributed by atoms with Crippen LogP contribution in [-0.4, -0.2) is 19.6 Å². The van der Waals surface area contributed by atoms with Crippen LogP contribution in [-0.2, 0) is 14.9 Å². The van der Waals surface area contributed by atoms with Crippen LogP contribution < -0.4 is 5.32 Å². The SMILES string of the molecule is COCC(NC(C)=O)c1ccc(C(C)(C)C)cc1. The van der Waals surface area contributed by atoms with Gasteiger partial charge in [-0.3, -0.25) is 4.79 Å². The van der Waals surface area contributed by atoms with Gasteiger partial charge in [0.25, 0.3) is 0 Å². The fourth-order valence-electron chi connectivity index (χ4n) is 1.85. The molecule has 0 saturated carbocycles. The van der Waals surface area contributed by atoms with Crippen LogP contribution in [0.25, 0.3) is 0 Å². The predicted molar refractivity (Wildman–Crippen MR) is 73.6 cm³/mol. The second kappa shape index (κ2) is 6.01. The van der Waals surface area contributed by atoms with Gasteiger partial charge in [0.1, 0.15) is 0 Å². The first-order valence-electron chi connectivity index (χ1n) is 6.21. The Morgan fingerprint density at radius 3 is 2.22 bits per heavy atom. The molecule has 1 aromatic rings. The maximum Gasteiger partial charge on any atom is 0.217 e. The second-order valence-corrected chi connectivity index (χ2v) is 5.58. The first-order valence-corrected chi connectivity index (χ1v) is 6.21. The minimum absolute atomic E-state index is 0.0445. The molecule has 1 atom stereocenters. The highest BCUT2D eigenvalue weighted by molar-refractivity contribution is 5.73. The largest absolute Gasteiger partial charge is 0.382 e. The highest BCUT2D eigenvalue weighted by atomic mass is 16.5. The van der Waals surface area contributed by atoms with Crippen molar-refractivity contribution >= 4 is 5.91 Å². The molecule has 100 valence electrons. The number of amides is 1. The van der Waals surface area contributed by atoms with Gasteiger partial charge in [0.2, 0.25) is 5.91 Å². The molecule has 1 amide bonds. The smallest absolute Gasteiger partial charge is 0.217 e. The van der Waals surface area contributed by atoms with E-state index in [2.05, 4.69) is 50.4 Å². The molecule has 1 aromatic carbocycles. The lowest BCUT2D eigenvalue weighted by Crippen LogP contribution is -2.29. The molecule has 0 fully saturated rings. The Morgan fingerprint density at radius 2 is 1.83 bits per heavy atom. The van der Waals surface area contributed by atoms with Crippen LogP contribution in [0.4, 0.5) is 0 Å². The highest BCUT2D eigenvalue weighted by Gasteiger charge is 2.16. The summed E-state index contributed by atoms with van der Waals surface area (Å²) >= 11 is 0. The molecule has 0 bridgehead atoms. The van der Waals surface area contributed by atoms with Crippen LogP contribution >= 0.6 is 0 Å². The number of hydrogen-bond donors (Lipinski definition) is 1. The van der Waals surface area contributed by atoms with Crippen molar-refractivity contribution in [3.63, 3.8) is 0 Å². The number of carbonyl (C=O) groups is 1. The molecule has 1 N–H and O–H groups in total. The number of benzene rings is 1. The number of nitrogens with one attached hydrogen (secondary N) is 1. The molecule has 0 aliphatic heterocycles. The summed E-state index contributed by atoms with van der Waals surface area (Å²) in [7, 11) is 1.64. The van der Waals surface area contributed by atoms with Crippen molar-refractivity contribution in [3.8, 4) is 0 Å². The summed E-state index contributed by atoms with van der Waals surface area (Å²) < 4.78 is 5.14. The summed E-state index contributed by atoms with van der Waals surface area (Å²) in [5, 5.41) is 2.89. The van der Waals surface area contributed by atoms with Crippen LogP contribution in [0.1, 0.15) is 44.9 Å². The highest BCUT2D eigenvalue weighted by Crippen LogP contribution is 2.24. The zero-order chi connectivity index (χ0) is 13.8. The molecule has 3 nitrogen and oxygen atoms in total. The van der Waals surface area contributed by atoms with E-state index in [1.807, 2.05) is 0 Å². The van der Waals surface area contributed by atoms with Crippen molar-refractivity contribution in [1.29, 1.82) is 0 Å². The molecule has 0 heterocycles. The van der Waals surface area contributed by atoms with Crippen molar-refractivity contribution in [2.45, 2.75) is 39.2 Å². The molecule has 3 heteroatoms. The molecule has 1 unspecified atom stereocenters. The zero-order valence-corrected chi connectivity index (χ0v) is 11.9. The lowest BCUT2D eigenvalue weighted by atomic mass is 9.86. The average molecular weight is 249 g/mol. The summed E-state index contributed by atoms with van der Waals surface area (Å²) in [5.74, 6) is -0.0445. The zero-order valence-electron chi connectivity index (χ0n) is 11.9. The van der Waals surface area contributed by atoms with Gasteiger partial charge in [0.15, 0.2) is 0 Å². The Bertz CT molecular complexity index is 390. The Morgan fingerprint density at radius 1 is 1.28 bits per heavy atom. The average Bonchev–Trinajstić information content (AvgIpc) is 2.27. The Hall–Kier alpha value is -1.35. The molecule has 18 heavy (non-hydrogen) atoms. The number of rotatable bonds is 4. The minimum atomic E-state index is -0.0819. The fourth-order valence-corrected chi connectivity index (χ4v) is 1.85. The Balaban J connectivity index is 2.90. The monoisotopic (exact) mass is 249 g/mol. The first-order chi connectivity index (χ1) is 8.34. The number of carbonyl (C=O) groups excluding carboxylic acids is 1. The van der Waals surface area contributed by atoms with Crippen molar-refractivity contribution in [3.05, 3.63) is 35.4 Å². The molecule has 0 aromatic heterocycles. The lowest BCUT2D eigenvalue weighted by molar-refractivity contribution is -0.120. The summed E-state index contributed by atoms with van der Waals surface area (Å²) in [4.78, 5) is 11.2. The molecule has 1 rings (SSSR count). The van der Waals surface area contributed by atoms with Gasteiger partial charge in [-0.15, -0.1) is 0 Å². The van der Waals surface area contributed by atoms with Gasteiger partial charge in [-0.2, -0.15) is 0 Å². The molecular weight excluding hydrogens is 226 g/mol. The van der Waals surface area contributed by atoms with Gasteiger partial charge in [-0.1, -0.05) is 45.0 Å². The van der Waals surface area contributed by atoms with Crippen LogP contribution in [0, 0.1) is 0 Å². The van der Waals surface area contributed by atoms with Gasteiger partial charge in [0.05, 0.1) is 12.6 Å². The van der Waals surface area contributed by atoms with Gasteiger partial charge in [0, 0.05) is 14.0 Å². The first kappa shape index (κ1) is 14.7. The summed E-state index contributed by atoms with van der Waals surface area (Å²) in [5.41, 5.74) is 2.49. The van der Waals surface area contributed by atoms with Crippen molar-refractivity contribution in [2.24, 2.45) is 0 Å². The van der Waals surface area contributed by atoms with Gasteiger partial charge in [-0.25, -0.2) is 0 Å². The van der Waals surface area contributed by atoms with Crippen LogP contribution in [0.5, 0.6) is 0 Å². The maximum atomic E-state index is 11.2. The topological polar surface area (TPSA) is 38.3 Å². The van der Waals surface area contributed by atoms with E-state index in [4.69, 9.17) is 4.74 Å². The van der Waals surface area contributed by atoms with Gasteiger partial charge < -0.3 is 10.1 Å². The van der Waals surface area contributed by atoms with E-state index in [0.717, 1.165) is 5.56 Å². The Kier molecular flexibility index (Phi) is 4.91. The van der Waals surface area contributed by atoms with Crippen molar-refractivity contribution in [2.75, 3.05) is 13.7 Å². The van der Waals surface area contributed by atoms with E-state index in [9.17, 15) is 4.79 Å². The third-order valence-corrected chi connectivity index (χ3v) is 2.89. The third-order valence-electron chi connectivity index (χ3n) is 2.89. The van der Waals surface area contributed by atoms with Gasteiger partial charge in [-0.05, 0) is 16.5 Å². The van der Waals surface area contributed by atoms with E-state index in [1.54, 1.807) is 7.11 Å². The van der Waals surface area contributed by atoms with E-state index >= 15 is 0 Å². The van der Waals surface area contributed by atoms with Crippen LogP contribution in [0.3, 0.4) is 0 Å². The van der Waals surface area contributed by atoms with Crippen molar-refractivity contribution < 1.29 is 9.53 Å².